The summed E-state index contributed by atoms with van der Waals surface area (Å²) in [7, 11) is 0. The number of benzene rings is 1. The van der Waals surface area contributed by atoms with E-state index in [1.54, 1.807) is 0 Å². The molecule has 1 N–H and O–H groups in total. The molecule has 0 radical (unpaired) electrons. The first kappa shape index (κ1) is 15.4. The summed E-state index contributed by atoms with van der Waals surface area (Å²) in [5, 5.41) is 3.85. The first-order valence-electron chi connectivity index (χ1n) is 7.58. The molecule has 1 aromatic carbocycles. The number of nitrogens with one attached hydrogen (secondary N) is 1. The molecule has 1 aliphatic carbocycles. The van der Waals surface area contributed by atoms with Crippen LogP contribution in [0.5, 0.6) is 0 Å². The maximum atomic E-state index is 13.0. The molecule has 0 bridgehead atoms. The number of hydrogen-bond acceptors (Lipinski definition) is 4. The molecule has 1 saturated carbocycles. The first-order valence-corrected chi connectivity index (χ1v) is 8.40. The first-order chi connectivity index (χ1) is 11.4. The van der Waals surface area contributed by atoms with Gasteiger partial charge in [-0.2, -0.15) is 13.2 Å². The van der Waals surface area contributed by atoms with Crippen LogP contribution in [0.2, 0.25) is 0 Å². The van der Waals surface area contributed by atoms with Crippen molar-refractivity contribution in [2.24, 2.45) is 0 Å². The number of rotatable bonds is 3. The average molecular weight is 349 g/mol. The Morgan fingerprint density at radius 1 is 1.17 bits per heavy atom. The highest BCUT2D eigenvalue weighted by Gasteiger charge is 2.40. The van der Waals surface area contributed by atoms with E-state index in [0.717, 1.165) is 11.3 Å². The van der Waals surface area contributed by atoms with Crippen LogP contribution in [0.1, 0.15) is 28.6 Å². The van der Waals surface area contributed by atoms with Crippen molar-refractivity contribution >= 4 is 27.4 Å². The number of aromatic nitrogens is 2. The lowest BCUT2D eigenvalue weighted by molar-refractivity contribution is -0.144. The number of fused-ring (bicyclic) bond motifs is 1. The van der Waals surface area contributed by atoms with E-state index in [1.807, 2.05) is 43.3 Å². The van der Waals surface area contributed by atoms with Crippen molar-refractivity contribution in [1.82, 2.24) is 9.97 Å². The maximum absolute atomic E-state index is 13.0. The summed E-state index contributed by atoms with van der Waals surface area (Å²) in [6.45, 7) is 1.85. The minimum Gasteiger partial charge on any atom is -0.366 e. The molecular formula is C17H14F3N3S. The lowest BCUT2D eigenvalue weighted by atomic mass is 10.1. The van der Waals surface area contributed by atoms with E-state index in [-0.39, 0.29) is 11.9 Å². The summed E-state index contributed by atoms with van der Waals surface area (Å²) in [5.74, 6) is -0.498. The van der Waals surface area contributed by atoms with Gasteiger partial charge in [0, 0.05) is 16.8 Å². The molecule has 4 rings (SSSR count). The van der Waals surface area contributed by atoms with E-state index in [2.05, 4.69) is 15.3 Å². The monoisotopic (exact) mass is 349 g/mol. The van der Waals surface area contributed by atoms with E-state index >= 15 is 0 Å². The number of hydrogen-bond donors (Lipinski definition) is 1. The second kappa shape index (κ2) is 5.44. The van der Waals surface area contributed by atoms with Gasteiger partial charge in [0.25, 0.3) is 0 Å². The third-order valence-corrected chi connectivity index (χ3v) is 5.05. The Morgan fingerprint density at radius 3 is 2.62 bits per heavy atom. The smallest absolute Gasteiger partial charge is 0.366 e. The Morgan fingerprint density at radius 2 is 1.92 bits per heavy atom. The van der Waals surface area contributed by atoms with Crippen molar-refractivity contribution in [2.75, 3.05) is 5.32 Å². The standard InChI is InChI=1S/C17H14F3N3S/c1-9-7-12-14(22-16(17(18,19)20)23-15(12)24-9)21-13-8-11(13)10-5-3-2-4-6-10/h2-7,11,13H,8H2,1H3,(H,21,22,23)/t11-,13?/m0/s1. The molecule has 2 aromatic heterocycles. The molecule has 3 aromatic rings. The number of aryl methyl sites for hydroxylation is 1. The predicted molar refractivity (Wildman–Crippen MR) is 88.4 cm³/mol. The highest BCUT2D eigenvalue weighted by atomic mass is 32.1. The largest absolute Gasteiger partial charge is 0.451 e. The third kappa shape index (κ3) is 2.84. The van der Waals surface area contributed by atoms with Crippen LogP contribution >= 0.6 is 11.3 Å². The summed E-state index contributed by atoms with van der Waals surface area (Å²) in [6.07, 6.45) is -3.66. The van der Waals surface area contributed by atoms with Gasteiger partial charge in [-0.05, 0) is 25.0 Å². The number of halogens is 3. The van der Waals surface area contributed by atoms with E-state index in [9.17, 15) is 13.2 Å². The molecule has 1 aliphatic rings. The fourth-order valence-electron chi connectivity index (χ4n) is 2.88. The zero-order valence-corrected chi connectivity index (χ0v) is 13.6. The minimum absolute atomic E-state index is 0.104. The van der Waals surface area contributed by atoms with Gasteiger partial charge in [0.2, 0.25) is 5.82 Å². The Bertz CT molecular complexity index is 889. The summed E-state index contributed by atoms with van der Waals surface area (Å²) >= 11 is 1.25. The maximum Gasteiger partial charge on any atom is 0.451 e. The van der Waals surface area contributed by atoms with Crippen molar-refractivity contribution in [1.29, 1.82) is 0 Å². The Labute approximate surface area is 140 Å². The van der Waals surface area contributed by atoms with Gasteiger partial charge in [-0.15, -0.1) is 11.3 Å². The van der Waals surface area contributed by atoms with E-state index in [4.69, 9.17) is 0 Å². The van der Waals surface area contributed by atoms with Crippen LogP contribution in [-0.4, -0.2) is 16.0 Å². The van der Waals surface area contributed by atoms with Crippen molar-refractivity contribution in [2.45, 2.75) is 31.5 Å². The Balaban J connectivity index is 1.66. The van der Waals surface area contributed by atoms with Crippen molar-refractivity contribution < 1.29 is 13.2 Å². The predicted octanol–water partition coefficient (Wildman–Crippen LogP) is 4.99. The quantitative estimate of drug-likeness (QED) is 0.724. The van der Waals surface area contributed by atoms with E-state index in [0.29, 0.717) is 16.1 Å². The van der Waals surface area contributed by atoms with Crippen LogP contribution < -0.4 is 5.32 Å². The number of anilines is 1. The van der Waals surface area contributed by atoms with Crippen LogP contribution in [0.3, 0.4) is 0 Å². The molecule has 0 amide bonds. The van der Waals surface area contributed by atoms with Crippen molar-refractivity contribution in [3.63, 3.8) is 0 Å². The van der Waals surface area contributed by atoms with Crippen molar-refractivity contribution in [3.05, 3.63) is 52.7 Å². The van der Waals surface area contributed by atoms with Gasteiger partial charge in [-0.3, -0.25) is 0 Å². The molecule has 2 heterocycles. The summed E-state index contributed by atoms with van der Waals surface area (Å²) < 4.78 is 39.1. The Kier molecular flexibility index (Phi) is 3.49. The SMILES string of the molecule is Cc1cc2c(NC3C[C@H]3c3ccccc3)nc(C(F)(F)F)nc2s1. The fraction of sp³-hybridized carbons (Fsp3) is 0.294. The molecular weight excluding hydrogens is 335 g/mol. The minimum atomic E-state index is -4.55. The number of thiophene rings is 1. The van der Waals surface area contributed by atoms with Gasteiger partial charge in [-0.1, -0.05) is 30.3 Å². The van der Waals surface area contributed by atoms with Gasteiger partial charge in [0.1, 0.15) is 10.6 Å². The lowest BCUT2D eigenvalue weighted by Gasteiger charge is -2.10. The van der Waals surface area contributed by atoms with Crippen LogP contribution in [0, 0.1) is 6.92 Å². The molecule has 0 aliphatic heterocycles. The highest BCUT2D eigenvalue weighted by Crippen LogP contribution is 2.44. The molecule has 3 nitrogen and oxygen atoms in total. The normalized spacial score (nSPS) is 20.3. The molecule has 24 heavy (non-hydrogen) atoms. The lowest BCUT2D eigenvalue weighted by Crippen LogP contribution is -2.14. The van der Waals surface area contributed by atoms with Gasteiger partial charge in [-0.25, -0.2) is 9.97 Å². The topological polar surface area (TPSA) is 37.8 Å². The Hall–Kier alpha value is -2.15. The third-order valence-electron chi connectivity index (χ3n) is 4.11. The van der Waals surface area contributed by atoms with Crippen molar-refractivity contribution in [3.8, 4) is 0 Å². The van der Waals surface area contributed by atoms with E-state index in [1.165, 1.54) is 16.9 Å². The molecule has 2 atom stereocenters. The molecule has 124 valence electrons. The van der Waals surface area contributed by atoms with Crippen LogP contribution in [0.25, 0.3) is 10.2 Å². The van der Waals surface area contributed by atoms with Gasteiger partial charge in [0.15, 0.2) is 0 Å². The fourth-order valence-corrected chi connectivity index (χ4v) is 3.76. The summed E-state index contributed by atoms with van der Waals surface area (Å²) in [4.78, 5) is 8.71. The highest BCUT2D eigenvalue weighted by molar-refractivity contribution is 7.18. The molecule has 7 heteroatoms. The van der Waals surface area contributed by atoms with Crippen LogP contribution in [-0.2, 0) is 6.18 Å². The second-order valence-corrected chi connectivity index (χ2v) is 7.21. The molecule has 0 spiro atoms. The average Bonchev–Trinajstić information content (AvgIpc) is 3.18. The summed E-state index contributed by atoms with van der Waals surface area (Å²) in [6, 6.07) is 11.9. The van der Waals surface area contributed by atoms with Gasteiger partial charge in [0.05, 0.1) is 5.39 Å². The van der Waals surface area contributed by atoms with Crippen LogP contribution in [0.4, 0.5) is 19.0 Å². The van der Waals surface area contributed by atoms with E-state index < -0.39 is 12.0 Å². The molecule has 1 unspecified atom stereocenters. The van der Waals surface area contributed by atoms with Gasteiger partial charge < -0.3 is 5.32 Å². The second-order valence-electron chi connectivity index (χ2n) is 5.97. The van der Waals surface area contributed by atoms with Crippen LogP contribution in [0.15, 0.2) is 36.4 Å². The number of alkyl halides is 3. The number of nitrogens with zero attached hydrogens (tertiary/aromatic N) is 2. The van der Waals surface area contributed by atoms with Gasteiger partial charge >= 0.3 is 6.18 Å². The zero-order valence-electron chi connectivity index (χ0n) is 12.8. The zero-order chi connectivity index (χ0) is 16.9. The molecule has 0 saturated heterocycles. The summed E-state index contributed by atoms with van der Waals surface area (Å²) in [5.41, 5.74) is 1.19. The molecule has 1 fully saturated rings.